The van der Waals surface area contributed by atoms with Crippen molar-refractivity contribution in [1.29, 1.82) is 0 Å². The Bertz CT molecular complexity index is 785. The summed E-state index contributed by atoms with van der Waals surface area (Å²) in [6, 6.07) is 20.8. The van der Waals surface area contributed by atoms with Gasteiger partial charge in [0.1, 0.15) is 0 Å². The van der Waals surface area contributed by atoms with Crippen molar-refractivity contribution in [2.45, 2.75) is 12.5 Å². The number of ether oxygens (including phenoxy) is 5. The van der Waals surface area contributed by atoms with Crippen LogP contribution in [-0.2, 0) is 23.7 Å². The molecule has 0 amide bonds. The molecule has 178 valence electrons. The molecule has 0 fully saturated rings. The highest BCUT2D eigenvalue weighted by atomic mass is 16.6. The van der Waals surface area contributed by atoms with Gasteiger partial charge in [-0.1, -0.05) is 48.6 Å². The van der Waals surface area contributed by atoms with Crippen LogP contribution >= 0.6 is 0 Å². The van der Waals surface area contributed by atoms with Gasteiger partial charge in [0.2, 0.25) is 0 Å². The average Bonchev–Trinajstić information content (AvgIpc) is 2.87. The fourth-order valence-electron chi connectivity index (χ4n) is 3.42. The molecule has 0 spiro atoms. The van der Waals surface area contributed by atoms with Crippen LogP contribution < -0.4 is 4.90 Å². The summed E-state index contributed by atoms with van der Waals surface area (Å²) in [5, 5.41) is 0. The Kier molecular flexibility index (Phi) is 11.7. The quantitative estimate of drug-likeness (QED) is 0.342. The van der Waals surface area contributed by atoms with E-state index in [1.165, 1.54) is 0 Å². The van der Waals surface area contributed by atoms with Crippen molar-refractivity contribution < 1.29 is 23.7 Å². The van der Waals surface area contributed by atoms with Crippen LogP contribution in [0.1, 0.15) is 6.42 Å². The molecule has 0 aromatic heterocycles. The van der Waals surface area contributed by atoms with Crippen molar-refractivity contribution in [2.75, 3.05) is 64.9 Å². The van der Waals surface area contributed by atoms with Gasteiger partial charge >= 0.3 is 0 Å². The second-order valence-electron chi connectivity index (χ2n) is 7.47. The molecule has 0 N–H and O–H groups in total. The summed E-state index contributed by atoms with van der Waals surface area (Å²) < 4.78 is 27.3. The maximum absolute atomic E-state index is 5.96. The van der Waals surface area contributed by atoms with E-state index >= 15 is 0 Å². The molecule has 2 aromatic rings. The Labute approximate surface area is 197 Å². The summed E-state index contributed by atoms with van der Waals surface area (Å²) in [5.41, 5.74) is 3.42. The molecule has 1 aliphatic rings. The smallest absolute Gasteiger partial charge is 0.0796 e. The number of hydrogen-bond acceptors (Lipinski definition) is 6. The van der Waals surface area contributed by atoms with Crippen LogP contribution in [0, 0.1) is 0 Å². The number of methoxy groups -OCH3 is 1. The van der Waals surface area contributed by atoms with Crippen LogP contribution in [-0.4, -0.2) is 66.1 Å². The lowest BCUT2D eigenvalue weighted by Crippen LogP contribution is -2.21. The topological polar surface area (TPSA) is 49.4 Å². The van der Waals surface area contributed by atoms with Gasteiger partial charge in [-0.25, -0.2) is 0 Å². The van der Waals surface area contributed by atoms with E-state index in [1.807, 2.05) is 12.1 Å². The predicted octanol–water partition coefficient (Wildman–Crippen LogP) is 4.75. The average molecular weight is 454 g/mol. The van der Waals surface area contributed by atoms with Crippen LogP contribution in [0.2, 0.25) is 0 Å². The molecular formula is C27H35NO5. The van der Waals surface area contributed by atoms with E-state index in [9.17, 15) is 0 Å². The van der Waals surface area contributed by atoms with Gasteiger partial charge in [-0.05, 0) is 36.8 Å². The van der Waals surface area contributed by atoms with Gasteiger partial charge in [0, 0.05) is 24.2 Å². The van der Waals surface area contributed by atoms with Crippen LogP contribution in [0.25, 0.3) is 0 Å². The standard InChI is InChI=1S/C27H35NO5/c1-29-16-17-30-18-19-31-20-21-32-22-23-33-27-14-12-26(13-15-27)28(24-8-4-2-5-9-24)25-10-6-3-7-11-25/h2-14,27H,15-23H2,1H3. The van der Waals surface area contributed by atoms with E-state index in [4.69, 9.17) is 23.7 Å². The summed E-state index contributed by atoms with van der Waals surface area (Å²) in [7, 11) is 1.66. The van der Waals surface area contributed by atoms with Gasteiger partial charge < -0.3 is 28.6 Å². The molecule has 2 aromatic carbocycles. The first-order valence-electron chi connectivity index (χ1n) is 11.5. The highest BCUT2D eigenvalue weighted by molar-refractivity contribution is 5.70. The molecule has 0 heterocycles. The van der Waals surface area contributed by atoms with Crippen LogP contribution in [0.15, 0.2) is 84.6 Å². The third-order valence-corrected chi connectivity index (χ3v) is 5.06. The maximum atomic E-state index is 5.96. The molecule has 1 unspecified atom stereocenters. The zero-order valence-corrected chi connectivity index (χ0v) is 19.4. The van der Waals surface area contributed by atoms with E-state index in [1.54, 1.807) is 7.11 Å². The lowest BCUT2D eigenvalue weighted by molar-refractivity contribution is -0.0140. The van der Waals surface area contributed by atoms with Crippen molar-refractivity contribution in [2.24, 2.45) is 0 Å². The predicted molar refractivity (Wildman–Crippen MR) is 131 cm³/mol. The Hall–Kier alpha value is -2.48. The zero-order chi connectivity index (χ0) is 23.0. The Morgan fingerprint density at radius 3 is 1.70 bits per heavy atom. The second-order valence-corrected chi connectivity index (χ2v) is 7.47. The lowest BCUT2D eigenvalue weighted by atomic mass is 10.1. The Morgan fingerprint density at radius 2 is 1.21 bits per heavy atom. The SMILES string of the molecule is COCCOCCOCCOCCOC1C=CC(N(c2ccccc2)c2ccccc2)=CC1. The van der Waals surface area contributed by atoms with Gasteiger partial charge in [-0.2, -0.15) is 0 Å². The van der Waals surface area contributed by atoms with Crippen molar-refractivity contribution in [3.63, 3.8) is 0 Å². The Morgan fingerprint density at radius 1 is 0.697 bits per heavy atom. The lowest BCUT2D eigenvalue weighted by Gasteiger charge is -2.29. The number of nitrogens with zero attached hydrogens (tertiary/aromatic N) is 1. The Balaban J connectivity index is 1.34. The monoisotopic (exact) mass is 453 g/mol. The summed E-state index contributed by atoms with van der Waals surface area (Å²) in [5.74, 6) is 0. The highest BCUT2D eigenvalue weighted by Crippen LogP contribution is 2.31. The molecule has 0 aliphatic heterocycles. The van der Waals surface area contributed by atoms with E-state index in [0.717, 1.165) is 23.5 Å². The molecule has 33 heavy (non-hydrogen) atoms. The van der Waals surface area contributed by atoms with Gasteiger partial charge in [0.25, 0.3) is 0 Å². The number of hydrogen-bond donors (Lipinski definition) is 0. The van der Waals surface area contributed by atoms with Crippen molar-refractivity contribution in [3.8, 4) is 0 Å². The molecule has 3 rings (SSSR count). The largest absolute Gasteiger partial charge is 0.382 e. The minimum Gasteiger partial charge on any atom is -0.382 e. The minimum absolute atomic E-state index is 0.0613. The van der Waals surface area contributed by atoms with E-state index in [0.29, 0.717) is 52.9 Å². The summed E-state index contributed by atoms with van der Waals surface area (Å²) in [4.78, 5) is 2.26. The van der Waals surface area contributed by atoms with Gasteiger partial charge in [0.05, 0.1) is 59.0 Å². The van der Waals surface area contributed by atoms with E-state index in [-0.39, 0.29) is 6.10 Å². The molecule has 0 saturated heterocycles. The van der Waals surface area contributed by atoms with Gasteiger partial charge in [-0.15, -0.1) is 0 Å². The highest BCUT2D eigenvalue weighted by Gasteiger charge is 2.16. The molecular weight excluding hydrogens is 418 g/mol. The summed E-state index contributed by atoms with van der Waals surface area (Å²) in [6.45, 7) is 4.54. The normalized spacial score (nSPS) is 15.4. The van der Waals surface area contributed by atoms with Crippen molar-refractivity contribution in [3.05, 3.63) is 84.6 Å². The molecule has 6 heteroatoms. The number of benzene rings is 2. The molecule has 6 nitrogen and oxygen atoms in total. The molecule has 0 bridgehead atoms. The first kappa shape index (κ1) is 25.1. The first-order chi connectivity index (χ1) is 16.4. The van der Waals surface area contributed by atoms with Gasteiger partial charge in [0.15, 0.2) is 0 Å². The second kappa shape index (κ2) is 15.4. The fraction of sp³-hybridized carbons (Fsp3) is 0.407. The van der Waals surface area contributed by atoms with Crippen LogP contribution in [0.3, 0.4) is 0 Å². The van der Waals surface area contributed by atoms with E-state index < -0.39 is 0 Å². The third kappa shape index (κ3) is 9.12. The third-order valence-electron chi connectivity index (χ3n) is 5.06. The van der Waals surface area contributed by atoms with E-state index in [2.05, 4.69) is 71.7 Å². The fourth-order valence-corrected chi connectivity index (χ4v) is 3.42. The van der Waals surface area contributed by atoms with Crippen molar-refractivity contribution >= 4 is 11.4 Å². The molecule has 1 aliphatic carbocycles. The number of rotatable bonds is 16. The van der Waals surface area contributed by atoms with Crippen LogP contribution in [0.5, 0.6) is 0 Å². The maximum Gasteiger partial charge on any atom is 0.0796 e. The minimum atomic E-state index is 0.0613. The zero-order valence-electron chi connectivity index (χ0n) is 19.4. The van der Waals surface area contributed by atoms with Gasteiger partial charge in [-0.3, -0.25) is 0 Å². The van der Waals surface area contributed by atoms with Crippen molar-refractivity contribution in [1.82, 2.24) is 0 Å². The molecule has 0 radical (unpaired) electrons. The molecule has 0 saturated carbocycles. The number of allylic oxidation sites excluding steroid dienone is 1. The van der Waals surface area contributed by atoms with Crippen LogP contribution in [0.4, 0.5) is 11.4 Å². The number of para-hydroxylation sites is 2. The number of anilines is 2. The summed E-state index contributed by atoms with van der Waals surface area (Å²) in [6.07, 6.45) is 7.38. The summed E-state index contributed by atoms with van der Waals surface area (Å²) >= 11 is 0. The first-order valence-corrected chi connectivity index (χ1v) is 11.5. The molecule has 1 atom stereocenters.